The van der Waals surface area contributed by atoms with Crippen LogP contribution in [0.25, 0.3) is 0 Å². The second-order valence-electron chi connectivity index (χ2n) is 6.30. The molecule has 0 aliphatic heterocycles. The van der Waals surface area contributed by atoms with E-state index in [0.717, 1.165) is 39.3 Å². The van der Waals surface area contributed by atoms with Crippen LogP contribution < -0.4 is 10.6 Å². The summed E-state index contributed by atoms with van der Waals surface area (Å²) in [7, 11) is 0. The molecule has 2 atom stereocenters. The molecule has 0 unspecified atom stereocenters. The monoisotopic (exact) mass is 288 g/mol. The van der Waals surface area contributed by atoms with Crippen LogP contribution in [0.1, 0.15) is 54.4 Å². The van der Waals surface area contributed by atoms with E-state index in [1.165, 1.54) is 0 Å². The fourth-order valence-corrected chi connectivity index (χ4v) is 2.16. The minimum atomic E-state index is 0.425. The standard InChI is InChI=1S/C16H36N2O2/c1-13(2)17-15(5)11-19-9-7-8-10-20-12-16(6)18-14(3)4/h13-18H,7-12H2,1-6H3/t15-,16-/m0/s1. The Morgan fingerprint density at radius 1 is 0.650 bits per heavy atom. The molecule has 20 heavy (non-hydrogen) atoms. The number of ether oxygens (including phenoxy) is 2. The Balaban J connectivity index is 3.24. The highest BCUT2D eigenvalue weighted by Gasteiger charge is 2.04. The van der Waals surface area contributed by atoms with Gasteiger partial charge in [0.25, 0.3) is 0 Å². The van der Waals surface area contributed by atoms with Crippen molar-refractivity contribution in [2.24, 2.45) is 0 Å². The van der Waals surface area contributed by atoms with Gasteiger partial charge in [-0.1, -0.05) is 27.7 Å². The molecule has 122 valence electrons. The fourth-order valence-electron chi connectivity index (χ4n) is 2.16. The second-order valence-corrected chi connectivity index (χ2v) is 6.30. The third-order valence-corrected chi connectivity index (χ3v) is 2.80. The maximum atomic E-state index is 5.65. The van der Waals surface area contributed by atoms with Crippen molar-refractivity contribution in [1.29, 1.82) is 0 Å². The average molecular weight is 288 g/mol. The van der Waals surface area contributed by atoms with Gasteiger partial charge in [0.15, 0.2) is 0 Å². The maximum absolute atomic E-state index is 5.65. The van der Waals surface area contributed by atoms with Gasteiger partial charge in [0.2, 0.25) is 0 Å². The summed E-state index contributed by atoms with van der Waals surface area (Å²) < 4.78 is 11.3. The Bertz CT molecular complexity index is 189. The number of unbranched alkanes of at least 4 members (excludes halogenated alkanes) is 1. The summed E-state index contributed by atoms with van der Waals surface area (Å²) in [6.45, 7) is 16.2. The van der Waals surface area contributed by atoms with Gasteiger partial charge in [-0.05, 0) is 26.7 Å². The summed E-state index contributed by atoms with van der Waals surface area (Å²) in [6, 6.07) is 1.88. The lowest BCUT2D eigenvalue weighted by Gasteiger charge is -2.17. The minimum absolute atomic E-state index is 0.425. The first-order chi connectivity index (χ1) is 9.41. The summed E-state index contributed by atoms with van der Waals surface area (Å²) in [6.07, 6.45) is 2.14. The van der Waals surface area contributed by atoms with Crippen LogP contribution >= 0.6 is 0 Å². The van der Waals surface area contributed by atoms with Gasteiger partial charge in [0, 0.05) is 37.4 Å². The zero-order valence-electron chi connectivity index (χ0n) is 14.4. The van der Waals surface area contributed by atoms with E-state index < -0.39 is 0 Å². The van der Waals surface area contributed by atoms with Crippen molar-refractivity contribution in [3.63, 3.8) is 0 Å². The summed E-state index contributed by atoms with van der Waals surface area (Å²) in [5.74, 6) is 0. The highest BCUT2D eigenvalue weighted by molar-refractivity contribution is 4.63. The van der Waals surface area contributed by atoms with Gasteiger partial charge in [0.1, 0.15) is 0 Å². The van der Waals surface area contributed by atoms with Crippen LogP contribution in [0.2, 0.25) is 0 Å². The molecular weight excluding hydrogens is 252 g/mol. The number of hydrogen-bond donors (Lipinski definition) is 2. The topological polar surface area (TPSA) is 42.5 Å². The Hall–Kier alpha value is -0.160. The normalized spacial score (nSPS) is 15.0. The lowest BCUT2D eigenvalue weighted by Crippen LogP contribution is -2.36. The van der Waals surface area contributed by atoms with Crippen LogP contribution in [0.4, 0.5) is 0 Å². The molecule has 2 N–H and O–H groups in total. The van der Waals surface area contributed by atoms with Crippen LogP contribution in [-0.2, 0) is 9.47 Å². The van der Waals surface area contributed by atoms with Crippen molar-refractivity contribution in [3.05, 3.63) is 0 Å². The number of rotatable bonds is 13. The molecule has 0 aromatic carbocycles. The molecule has 0 aliphatic rings. The second kappa shape index (κ2) is 12.6. The van der Waals surface area contributed by atoms with Crippen LogP contribution in [0.3, 0.4) is 0 Å². The molecule has 0 radical (unpaired) electrons. The van der Waals surface area contributed by atoms with E-state index in [4.69, 9.17) is 9.47 Å². The zero-order valence-corrected chi connectivity index (χ0v) is 14.4. The molecule has 0 saturated carbocycles. The smallest absolute Gasteiger partial charge is 0.0616 e. The lowest BCUT2D eigenvalue weighted by molar-refractivity contribution is 0.0854. The summed E-state index contributed by atoms with van der Waals surface area (Å²) in [5, 5.41) is 6.85. The van der Waals surface area contributed by atoms with Gasteiger partial charge in [-0.3, -0.25) is 0 Å². The van der Waals surface area contributed by atoms with E-state index >= 15 is 0 Å². The van der Waals surface area contributed by atoms with Gasteiger partial charge in [-0.2, -0.15) is 0 Å². The molecule has 0 aromatic heterocycles. The summed E-state index contributed by atoms with van der Waals surface area (Å²) in [5.41, 5.74) is 0. The highest BCUT2D eigenvalue weighted by atomic mass is 16.5. The lowest BCUT2D eigenvalue weighted by atomic mass is 10.3. The first-order valence-corrected chi connectivity index (χ1v) is 8.09. The largest absolute Gasteiger partial charge is 0.380 e. The van der Waals surface area contributed by atoms with Gasteiger partial charge < -0.3 is 20.1 Å². The number of hydrogen-bond acceptors (Lipinski definition) is 4. The van der Waals surface area contributed by atoms with E-state index in [1.54, 1.807) is 0 Å². The molecule has 0 amide bonds. The minimum Gasteiger partial charge on any atom is -0.380 e. The van der Waals surface area contributed by atoms with Gasteiger partial charge in [0.05, 0.1) is 13.2 Å². The van der Waals surface area contributed by atoms with Crippen LogP contribution in [0, 0.1) is 0 Å². The van der Waals surface area contributed by atoms with Crippen molar-refractivity contribution < 1.29 is 9.47 Å². The van der Waals surface area contributed by atoms with E-state index in [9.17, 15) is 0 Å². The Kier molecular flexibility index (Phi) is 12.5. The van der Waals surface area contributed by atoms with E-state index in [1.807, 2.05) is 0 Å². The first kappa shape index (κ1) is 19.8. The fraction of sp³-hybridized carbons (Fsp3) is 1.00. The molecule has 0 saturated heterocycles. The van der Waals surface area contributed by atoms with Gasteiger partial charge >= 0.3 is 0 Å². The highest BCUT2D eigenvalue weighted by Crippen LogP contribution is 1.95. The molecule has 0 spiro atoms. The van der Waals surface area contributed by atoms with Crippen LogP contribution in [0.15, 0.2) is 0 Å². The Morgan fingerprint density at radius 3 is 1.30 bits per heavy atom. The van der Waals surface area contributed by atoms with Gasteiger partial charge in [-0.25, -0.2) is 0 Å². The molecular formula is C16H36N2O2. The van der Waals surface area contributed by atoms with E-state index in [0.29, 0.717) is 24.2 Å². The molecule has 0 aliphatic carbocycles. The van der Waals surface area contributed by atoms with Gasteiger partial charge in [-0.15, -0.1) is 0 Å². The third-order valence-electron chi connectivity index (χ3n) is 2.80. The zero-order chi connectivity index (χ0) is 15.4. The predicted octanol–water partition coefficient (Wildman–Crippen LogP) is 2.57. The van der Waals surface area contributed by atoms with E-state index in [-0.39, 0.29) is 0 Å². The first-order valence-electron chi connectivity index (χ1n) is 8.09. The molecule has 4 heteroatoms. The maximum Gasteiger partial charge on any atom is 0.0616 e. The molecule has 4 nitrogen and oxygen atoms in total. The SMILES string of the molecule is CC(C)N[C@@H](C)COCCCCOC[C@H](C)NC(C)C. The average Bonchev–Trinajstić information content (AvgIpc) is 2.30. The quantitative estimate of drug-likeness (QED) is 0.511. The predicted molar refractivity (Wildman–Crippen MR) is 86.3 cm³/mol. The van der Waals surface area contributed by atoms with Crippen molar-refractivity contribution in [2.75, 3.05) is 26.4 Å². The Morgan fingerprint density at radius 2 is 1.00 bits per heavy atom. The molecule has 0 fully saturated rings. The third kappa shape index (κ3) is 14.3. The number of nitrogens with one attached hydrogen (secondary N) is 2. The summed E-state index contributed by atoms with van der Waals surface area (Å²) >= 11 is 0. The van der Waals surface area contributed by atoms with Crippen molar-refractivity contribution in [3.8, 4) is 0 Å². The van der Waals surface area contributed by atoms with Crippen LogP contribution in [-0.4, -0.2) is 50.6 Å². The van der Waals surface area contributed by atoms with Crippen LogP contribution in [0.5, 0.6) is 0 Å². The summed E-state index contributed by atoms with van der Waals surface area (Å²) in [4.78, 5) is 0. The molecule has 0 aromatic rings. The Labute approximate surface area is 126 Å². The molecule has 0 heterocycles. The molecule has 0 bridgehead atoms. The van der Waals surface area contributed by atoms with Crippen molar-refractivity contribution in [2.45, 2.75) is 78.6 Å². The van der Waals surface area contributed by atoms with E-state index in [2.05, 4.69) is 52.2 Å². The van der Waals surface area contributed by atoms with Crippen molar-refractivity contribution in [1.82, 2.24) is 10.6 Å². The molecule has 0 rings (SSSR count). The van der Waals surface area contributed by atoms with Crippen molar-refractivity contribution >= 4 is 0 Å².